The molecule has 0 heterocycles. The van der Waals surface area contributed by atoms with Crippen molar-refractivity contribution in [3.8, 4) is 0 Å². The first kappa shape index (κ1) is 17.0. The van der Waals surface area contributed by atoms with E-state index < -0.39 is 27.0 Å². The van der Waals surface area contributed by atoms with Crippen LogP contribution in [0.1, 0.15) is 25.7 Å². The van der Waals surface area contributed by atoms with Crippen molar-refractivity contribution < 1.29 is 17.9 Å². The van der Waals surface area contributed by atoms with Gasteiger partial charge in [-0.2, -0.15) is 0 Å². The Hall–Kier alpha value is -0.400. The van der Waals surface area contributed by atoms with Crippen LogP contribution in [0.4, 0.5) is 4.39 Å². The first-order valence-corrected chi connectivity index (χ1v) is 8.88. The molecule has 1 aromatic rings. The summed E-state index contributed by atoms with van der Waals surface area (Å²) >= 11 is 11.3. The van der Waals surface area contributed by atoms with E-state index in [4.69, 9.17) is 23.2 Å². The number of aliphatic hydroxyl groups excluding tert-OH is 1. The van der Waals surface area contributed by atoms with E-state index in [0.717, 1.165) is 31.4 Å². The predicted molar refractivity (Wildman–Crippen MR) is 79.6 cm³/mol. The fraction of sp³-hybridized carbons (Fsp3) is 0.538. The summed E-state index contributed by atoms with van der Waals surface area (Å²) in [5.41, 5.74) is 0. The second kappa shape index (κ2) is 6.79. The Morgan fingerprint density at radius 2 is 1.95 bits per heavy atom. The highest BCUT2D eigenvalue weighted by Gasteiger charge is 2.27. The quantitative estimate of drug-likeness (QED) is 0.816. The van der Waals surface area contributed by atoms with E-state index in [0.29, 0.717) is 6.42 Å². The lowest BCUT2D eigenvalue weighted by Crippen LogP contribution is -2.36. The molecule has 0 aliphatic heterocycles. The molecule has 8 heteroatoms. The van der Waals surface area contributed by atoms with Gasteiger partial charge in [0.2, 0.25) is 10.0 Å². The smallest absolute Gasteiger partial charge is 0.242 e. The Bertz CT molecular complexity index is 624. The average molecular weight is 356 g/mol. The third-order valence-electron chi connectivity index (χ3n) is 3.69. The lowest BCUT2D eigenvalue weighted by atomic mass is 9.87. The van der Waals surface area contributed by atoms with Crippen LogP contribution >= 0.6 is 23.2 Å². The molecule has 1 aliphatic carbocycles. The first-order chi connectivity index (χ1) is 9.83. The van der Waals surface area contributed by atoms with Gasteiger partial charge in [0, 0.05) is 6.54 Å². The molecule has 2 rings (SSSR count). The number of halogens is 3. The summed E-state index contributed by atoms with van der Waals surface area (Å²) in [6, 6.07) is 2.31. The molecule has 0 radical (unpaired) electrons. The zero-order chi connectivity index (χ0) is 15.6. The molecule has 0 spiro atoms. The summed E-state index contributed by atoms with van der Waals surface area (Å²) in [6.07, 6.45) is 2.81. The van der Waals surface area contributed by atoms with Crippen LogP contribution in [0.25, 0.3) is 0 Å². The van der Waals surface area contributed by atoms with Crippen LogP contribution in [0.2, 0.25) is 10.0 Å². The van der Waals surface area contributed by atoms with Crippen LogP contribution < -0.4 is 4.72 Å². The largest absolute Gasteiger partial charge is 0.393 e. The highest BCUT2D eigenvalue weighted by molar-refractivity contribution is 7.89. The van der Waals surface area contributed by atoms with Gasteiger partial charge in [0.05, 0.1) is 16.1 Å². The van der Waals surface area contributed by atoms with Crippen LogP contribution in [0.5, 0.6) is 0 Å². The molecule has 0 bridgehead atoms. The predicted octanol–water partition coefficient (Wildman–Crippen LogP) is 2.96. The minimum atomic E-state index is -3.94. The Morgan fingerprint density at radius 3 is 2.62 bits per heavy atom. The number of nitrogens with one attached hydrogen (secondary N) is 1. The topological polar surface area (TPSA) is 66.4 Å². The molecule has 21 heavy (non-hydrogen) atoms. The van der Waals surface area contributed by atoms with E-state index in [1.165, 1.54) is 0 Å². The van der Waals surface area contributed by atoms with Crippen LogP contribution in [-0.4, -0.2) is 26.2 Å². The molecule has 0 amide bonds. The van der Waals surface area contributed by atoms with Gasteiger partial charge in [-0.05, 0) is 30.9 Å². The fourth-order valence-corrected chi connectivity index (χ4v) is 4.27. The van der Waals surface area contributed by atoms with Crippen molar-refractivity contribution >= 4 is 33.2 Å². The lowest BCUT2D eigenvalue weighted by molar-refractivity contribution is 0.0724. The second-order valence-electron chi connectivity index (χ2n) is 5.14. The Kier molecular flexibility index (Phi) is 5.48. The van der Waals surface area contributed by atoms with E-state index in [9.17, 15) is 17.9 Å². The number of hydrogen-bond donors (Lipinski definition) is 2. The molecular weight excluding hydrogens is 340 g/mol. The molecule has 2 unspecified atom stereocenters. The zero-order valence-corrected chi connectivity index (χ0v) is 13.5. The van der Waals surface area contributed by atoms with Crippen molar-refractivity contribution in [3.63, 3.8) is 0 Å². The molecule has 2 N–H and O–H groups in total. The number of hydrogen-bond acceptors (Lipinski definition) is 3. The summed E-state index contributed by atoms with van der Waals surface area (Å²) < 4.78 is 40.3. The van der Waals surface area contributed by atoms with Crippen molar-refractivity contribution in [2.75, 3.05) is 6.54 Å². The normalized spacial score (nSPS) is 23.2. The summed E-state index contributed by atoms with van der Waals surface area (Å²) in [6.45, 7) is 0.101. The third kappa shape index (κ3) is 3.87. The van der Waals surface area contributed by atoms with Crippen molar-refractivity contribution in [1.82, 2.24) is 4.72 Å². The molecule has 1 fully saturated rings. The maximum absolute atomic E-state index is 13.6. The lowest BCUT2D eigenvalue weighted by Gasteiger charge is -2.27. The van der Waals surface area contributed by atoms with Crippen LogP contribution in [0.3, 0.4) is 0 Å². The molecule has 1 saturated carbocycles. The van der Waals surface area contributed by atoms with Gasteiger partial charge in [-0.1, -0.05) is 36.0 Å². The summed E-state index contributed by atoms with van der Waals surface area (Å²) in [5.74, 6) is -1.09. The van der Waals surface area contributed by atoms with Crippen LogP contribution in [-0.2, 0) is 10.0 Å². The van der Waals surface area contributed by atoms with E-state index in [1.807, 2.05) is 0 Å². The molecule has 118 valence electrons. The first-order valence-electron chi connectivity index (χ1n) is 6.64. The number of benzene rings is 1. The minimum absolute atomic E-state index is 0.101. The van der Waals surface area contributed by atoms with Gasteiger partial charge in [0.1, 0.15) is 4.90 Å². The Balaban J connectivity index is 2.13. The number of aliphatic hydroxyl groups is 1. The summed E-state index contributed by atoms with van der Waals surface area (Å²) in [4.78, 5) is -0.351. The third-order valence-corrected chi connectivity index (χ3v) is 5.93. The summed E-state index contributed by atoms with van der Waals surface area (Å²) in [7, 11) is -3.94. The fourth-order valence-electron chi connectivity index (χ4n) is 2.44. The van der Waals surface area contributed by atoms with Gasteiger partial charge in [-0.25, -0.2) is 17.5 Å². The second-order valence-corrected chi connectivity index (χ2v) is 7.66. The molecule has 0 saturated heterocycles. The molecule has 1 aliphatic rings. The van der Waals surface area contributed by atoms with Crippen molar-refractivity contribution in [2.45, 2.75) is 36.7 Å². The van der Waals surface area contributed by atoms with Gasteiger partial charge < -0.3 is 5.11 Å². The SMILES string of the molecule is O=S(=O)(NCC1CCCCC1O)c1ccc(Cl)c(F)c1Cl. The van der Waals surface area contributed by atoms with E-state index >= 15 is 0 Å². The standard InChI is InChI=1S/C13H16Cl2FNO3S/c14-9-5-6-11(12(15)13(9)16)21(19,20)17-7-8-3-1-2-4-10(8)18/h5-6,8,10,17-18H,1-4,7H2. The maximum atomic E-state index is 13.6. The van der Waals surface area contributed by atoms with E-state index in [2.05, 4.69) is 4.72 Å². The van der Waals surface area contributed by atoms with Crippen molar-refractivity contribution in [3.05, 3.63) is 28.0 Å². The minimum Gasteiger partial charge on any atom is -0.393 e. The molecule has 2 atom stereocenters. The van der Waals surface area contributed by atoms with Gasteiger partial charge >= 0.3 is 0 Å². The average Bonchev–Trinajstić information content (AvgIpc) is 2.44. The molecule has 0 aromatic heterocycles. The maximum Gasteiger partial charge on any atom is 0.242 e. The number of sulfonamides is 1. The van der Waals surface area contributed by atoms with Gasteiger partial charge in [-0.3, -0.25) is 0 Å². The van der Waals surface area contributed by atoms with Crippen molar-refractivity contribution in [2.24, 2.45) is 5.92 Å². The van der Waals surface area contributed by atoms with Gasteiger partial charge in [-0.15, -0.1) is 0 Å². The Morgan fingerprint density at radius 1 is 1.29 bits per heavy atom. The van der Waals surface area contributed by atoms with Gasteiger partial charge in [0.15, 0.2) is 5.82 Å². The Labute approximate surface area is 133 Å². The van der Waals surface area contributed by atoms with E-state index in [1.54, 1.807) is 0 Å². The van der Waals surface area contributed by atoms with E-state index in [-0.39, 0.29) is 22.4 Å². The molecular formula is C13H16Cl2FNO3S. The number of rotatable bonds is 4. The summed E-state index contributed by atoms with van der Waals surface area (Å²) in [5, 5.41) is 9.07. The van der Waals surface area contributed by atoms with Gasteiger partial charge in [0.25, 0.3) is 0 Å². The van der Waals surface area contributed by atoms with Crippen molar-refractivity contribution in [1.29, 1.82) is 0 Å². The highest BCUT2D eigenvalue weighted by Crippen LogP contribution is 2.30. The molecule has 1 aromatic carbocycles. The van der Waals surface area contributed by atoms with Crippen LogP contribution in [0, 0.1) is 11.7 Å². The zero-order valence-electron chi connectivity index (χ0n) is 11.2. The monoisotopic (exact) mass is 355 g/mol. The molecule has 4 nitrogen and oxygen atoms in total. The van der Waals surface area contributed by atoms with Crippen LogP contribution in [0.15, 0.2) is 17.0 Å². The highest BCUT2D eigenvalue weighted by atomic mass is 35.5.